The van der Waals surface area contributed by atoms with Crippen LogP contribution < -0.4 is 5.32 Å². The molecule has 2 atom stereocenters. The van der Waals surface area contributed by atoms with Gasteiger partial charge in [0.05, 0.1) is 11.7 Å². The van der Waals surface area contributed by atoms with Crippen LogP contribution in [-0.4, -0.2) is 19.8 Å². The minimum absolute atomic E-state index is 0.0750. The highest BCUT2D eigenvalue weighted by molar-refractivity contribution is 5.27. The second-order valence-electron chi connectivity index (χ2n) is 4.51. The molecular formula is C13H16F3NO. The first-order chi connectivity index (χ1) is 8.50. The van der Waals surface area contributed by atoms with Crippen LogP contribution in [0.25, 0.3) is 0 Å². The third-order valence-corrected chi connectivity index (χ3v) is 3.33. The van der Waals surface area contributed by atoms with Crippen LogP contribution in [0, 0.1) is 0 Å². The molecule has 1 aliphatic heterocycles. The number of benzene rings is 1. The van der Waals surface area contributed by atoms with Crippen molar-refractivity contribution in [2.45, 2.75) is 31.2 Å². The number of halogens is 3. The van der Waals surface area contributed by atoms with Gasteiger partial charge in [-0.1, -0.05) is 12.1 Å². The van der Waals surface area contributed by atoms with Gasteiger partial charge in [0, 0.05) is 13.2 Å². The van der Waals surface area contributed by atoms with Crippen LogP contribution in [0.2, 0.25) is 0 Å². The summed E-state index contributed by atoms with van der Waals surface area (Å²) >= 11 is 0. The van der Waals surface area contributed by atoms with E-state index < -0.39 is 11.7 Å². The monoisotopic (exact) mass is 259 g/mol. The molecule has 2 nitrogen and oxygen atoms in total. The first-order valence-corrected chi connectivity index (χ1v) is 5.94. The van der Waals surface area contributed by atoms with Gasteiger partial charge in [0.15, 0.2) is 0 Å². The lowest BCUT2D eigenvalue weighted by Gasteiger charge is -2.29. The Bertz CT molecular complexity index is 388. The van der Waals surface area contributed by atoms with Gasteiger partial charge in [-0.15, -0.1) is 0 Å². The van der Waals surface area contributed by atoms with Crippen molar-refractivity contribution in [2.24, 2.45) is 0 Å². The molecule has 2 rings (SSSR count). The molecule has 1 aromatic carbocycles. The fourth-order valence-electron chi connectivity index (χ4n) is 2.26. The Morgan fingerprint density at radius 3 is 2.44 bits per heavy atom. The van der Waals surface area contributed by atoms with Crippen LogP contribution in [-0.2, 0) is 10.9 Å². The molecule has 0 bridgehead atoms. The first kappa shape index (κ1) is 13.4. The van der Waals surface area contributed by atoms with Crippen LogP contribution >= 0.6 is 0 Å². The number of hydrogen-bond acceptors (Lipinski definition) is 2. The molecule has 0 aromatic heterocycles. The van der Waals surface area contributed by atoms with E-state index in [9.17, 15) is 13.2 Å². The molecular weight excluding hydrogens is 243 g/mol. The zero-order chi connectivity index (χ0) is 13.2. The first-order valence-electron chi connectivity index (χ1n) is 5.94. The highest BCUT2D eigenvalue weighted by atomic mass is 19.4. The molecule has 5 heteroatoms. The molecule has 2 unspecified atom stereocenters. The van der Waals surface area contributed by atoms with Gasteiger partial charge >= 0.3 is 6.18 Å². The minimum atomic E-state index is -4.27. The van der Waals surface area contributed by atoms with E-state index >= 15 is 0 Å². The highest BCUT2D eigenvalue weighted by Gasteiger charge is 2.30. The minimum Gasteiger partial charge on any atom is -0.381 e. The lowest BCUT2D eigenvalue weighted by atomic mass is 9.95. The molecule has 1 saturated heterocycles. The van der Waals surface area contributed by atoms with E-state index in [2.05, 4.69) is 5.32 Å². The third-order valence-electron chi connectivity index (χ3n) is 3.33. The Hall–Kier alpha value is -1.07. The summed E-state index contributed by atoms with van der Waals surface area (Å²) in [7, 11) is 1.67. The van der Waals surface area contributed by atoms with Crippen LogP contribution in [0.3, 0.4) is 0 Å². The Kier molecular flexibility index (Phi) is 3.92. The SMILES string of the molecule is COC1CCNC(c2ccc(C(F)(F)F)cc2)C1. The van der Waals surface area contributed by atoms with E-state index in [1.54, 1.807) is 19.2 Å². The number of ether oxygens (including phenoxy) is 1. The standard InChI is InChI=1S/C13H16F3NO/c1-18-11-6-7-17-12(8-11)9-2-4-10(5-3-9)13(14,15)16/h2-5,11-12,17H,6-8H2,1H3. The quantitative estimate of drug-likeness (QED) is 0.881. The second-order valence-corrected chi connectivity index (χ2v) is 4.51. The second kappa shape index (κ2) is 5.28. The molecule has 0 saturated carbocycles. The molecule has 1 heterocycles. The maximum Gasteiger partial charge on any atom is 0.416 e. The van der Waals surface area contributed by atoms with E-state index in [-0.39, 0.29) is 12.1 Å². The number of hydrogen-bond donors (Lipinski definition) is 1. The Morgan fingerprint density at radius 2 is 1.89 bits per heavy atom. The third kappa shape index (κ3) is 3.03. The number of rotatable bonds is 2. The predicted octanol–water partition coefficient (Wildman–Crippen LogP) is 3.14. The highest BCUT2D eigenvalue weighted by Crippen LogP contribution is 2.31. The smallest absolute Gasteiger partial charge is 0.381 e. The topological polar surface area (TPSA) is 21.3 Å². The summed E-state index contributed by atoms with van der Waals surface area (Å²) in [5.74, 6) is 0. The van der Waals surface area contributed by atoms with Gasteiger partial charge in [-0.25, -0.2) is 0 Å². The van der Waals surface area contributed by atoms with Crippen LogP contribution in [0.4, 0.5) is 13.2 Å². The van der Waals surface area contributed by atoms with Crippen molar-refractivity contribution < 1.29 is 17.9 Å². The Labute approximate surface area is 104 Å². The van der Waals surface area contributed by atoms with Gasteiger partial charge in [-0.05, 0) is 37.1 Å². The average Bonchev–Trinajstić information content (AvgIpc) is 2.38. The summed E-state index contributed by atoms with van der Waals surface area (Å²) in [6, 6.07) is 5.42. The van der Waals surface area contributed by atoms with Crippen molar-refractivity contribution >= 4 is 0 Å². The lowest BCUT2D eigenvalue weighted by Crippen LogP contribution is -2.35. The van der Waals surface area contributed by atoms with Crippen LogP contribution in [0.5, 0.6) is 0 Å². The molecule has 1 aliphatic rings. The normalized spacial score (nSPS) is 25.1. The van der Waals surface area contributed by atoms with Gasteiger partial charge in [0.1, 0.15) is 0 Å². The molecule has 0 aliphatic carbocycles. The molecule has 0 spiro atoms. The zero-order valence-electron chi connectivity index (χ0n) is 10.1. The summed E-state index contributed by atoms with van der Waals surface area (Å²) < 4.78 is 42.6. The number of piperidine rings is 1. The van der Waals surface area contributed by atoms with Gasteiger partial charge in [-0.3, -0.25) is 0 Å². The summed E-state index contributed by atoms with van der Waals surface area (Å²) in [4.78, 5) is 0. The summed E-state index contributed by atoms with van der Waals surface area (Å²) in [5.41, 5.74) is 0.273. The average molecular weight is 259 g/mol. The number of alkyl halides is 3. The van der Waals surface area contributed by atoms with E-state index in [4.69, 9.17) is 4.74 Å². The maximum absolute atomic E-state index is 12.4. The van der Waals surface area contributed by atoms with E-state index in [0.717, 1.165) is 37.1 Å². The van der Waals surface area contributed by atoms with Gasteiger partial charge in [-0.2, -0.15) is 13.2 Å². The van der Waals surface area contributed by atoms with Crippen molar-refractivity contribution in [3.05, 3.63) is 35.4 Å². The van der Waals surface area contributed by atoms with Crippen molar-refractivity contribution in [1.82, 2.24) is 5.32 Å². The fourth-order valence-corrected chi connectivity index (χ4v) is 2.26. The summed E-state index contributed by atoms with van der Waals surface area (Å²) in [6.07, 6.45) is -2.36. The Balaban J connectivity index is 2.09. The molecule has 0 radical (unpaired) electrons. The number of methoxy groups -OCH3 is 1. The van der Waals surface area contributed by atoms with E-state index in [0.29, 0.717) is 0 Å². The Morgan fingerprint density at radius 1 is 1.22 bits per heavy atom. The molecule has 100 valence electrons. The van der Waals surface area contributed by atoms with Crippen LogP contribution in [0.15, 0.2) is 24.3 Å². The molecule has 1 aromatic rings. The summed E-state index contributed by atoms with van der Waals surface area (Å²) in [6.45, 7) is 0.824. The zero-order valence-corrected chi connectivity index (χ0v) is 10.1. The van der Waals surface area contributed by atoms with Gasteiger partial charge in [0.2, 0.25) is 0 Å². The predicted molar refractivity (Wildman–Crippen MR) is 62.2 cm³/mol. The molecule has 1 fully saturated rings. The van der Waals surface area contributed by atoms with E-state index in [1.807, 2.05) is 0 Å². The van der Waals surface area contributed by atoms with Crippen molar-refractivity contribution in [2.75, 3.05) is 13.7 Å². The summed E-state index contributed by atoms with van der Waals surface area (Å²) in [5, 5.41) is 3.30. The van der Waals surface area contributed by atoms with Gasteiger partial charge < -0.3 is 10.1 Å². The van der Waals surface area contributed by atoms with E-state index in [1.165, 1.54) is 0 Å². The lowest BCUT2D eigenvalue weighted by molar-refractivity contribution is -0.137. The molecule has 0 amide bonds. The number of nitrogens with one attached hydrogen (secondary N) is 1. The van der Waals surface area contributed by atoms with Gasteiger partial charge in [0.25, 0.3) is 0 Å². The van der Waals surface area contributed by atoms with Crippen molar-refractivity contribution in [3.63, 3.8) is 0 Å². The fraction of sp³-hybridized carbons (Fsp3) is 0.538. The molecule has 1 N–H and O–H groups in total. The van der Waals surface area contributed by atoms with Crippen molar-refractivity contribution in [1.29, 1.82) is 0 Å². The molecule has 18 heavy (non-hydrogen) atoms. The van der Waals surface area contributed by atoms with Crippen LogP contribution in [0.1, 0.15) is 30.0 Å². The van der Waals surface area contributed by atoms with Crippen molar-refractivity contribution in [3.8, 4) is 0 Å². The maximum atomic E-state index is 12.4. The largest absolute Gasteiger partial charge is 0.416 e.